The van der Waals surface area contributed by atoms with Gasteiger partial charge in [0.25, 0.3) is 6.01 Å². The van der Waals surface area contributed by atoms with E-state index in [1.165, 1.54) is 32.1 Å². The van der Waals surface area contributed by atoms with Crippen LogP contribution < -0.4 is 5.32 Å². The van der Waals surface area contributed by atoms with Gasteiger partial charge < -0.3 is 9.73 Å². The maximum Gasteiger partial charge on any atom is 0.296 e. The molecular weight excluding hydrogens is 334 g/mol. The summed E-state index contributed by atoms with van der Waals surface area (Å²) in [5.41, 5.74) is 2.55. The van der Waals surface area contributed by atoms with Crippen molar-refractivity contribution in [3.05, 3.63) is 53.3 Å². The van der Waals surface area contributed by atoms with Gasteiger partial charge in [-0.2, -0.15) is 4.98 Å². The minimum atomic E-state index is 0.104. The van der Waals surface area contributed by atoms with E-state index in [0.717, 1.165) is 29.1 Å². The lowest BCUT2D eigenvalue weighted by atomic mass is 9.84. The summed E-state index contributed by atoms with van der Waals surface area (Å²) in [6.07, 6.45) is 9.53. The highest BCUT2D eigenvalue weighted by molar-refractivity contribution is 6.31. The monoisotopic (exact) mass is 355 g/mol. The molecule has 1 saturated carbocycles. The zero-order chi connectivity index (χ0) is 17.1. The smallest absolute Gasteiger partial charge is 0.296 e. The van der Waals surface area contributed by atoms with E-state index in [1.807, 2.05) is 36.5 Å². The van der Waals surface area contributed by atoms with Gasteiger partial charge in [0, 0.05) is 11.2 Å². The van der Waals surface area contributed by atoms with E-state index in [2.05, 4.69) is 21.4 Å². The second kappa shape index (κ2) is 7.44. The first-order valence-electron chi connectivity index (χ1n) is 9.01. The number of nitrogens with zero attached hydrogens (tertiary/aromatic N) is 2. The molecule has 3 aromatic rings. The molecule has 4 rings (SSSR count). The molecule has 0 saturated heterocycles. The topological polar surface area (TPSA) is 51.0 Å². The summed E-state index contributed by atoms with van der Waals surface area (Å²) in [4.78, 5) is 9.10. The Labute approximate surface area is 152 Å². The van der Waals surface area contributed by atoms with Crippen LogP contribution in [0.3, 0.4) is 0 Å². The van der Waals surface area contributed by atoms with Gasteiger partial charge in [-0.3, -0.25) is 4.98 Å². The van der Waals surface area contributed by atoms with Gasteiger partial charge in [0.15, 0.2) is 5.58 Å². The highest BCUT2D eigenvalue weighted by atomic mass is 35.5. The van der Waals surface area contributed by atoms with Gasteiger partial charge >= 0.3 is 0 Å². The summed E-state index contributed by atoms with van der Waals surface area (Å²) in [5, 5.41) is 4.13. The number of hydrogen-bond donors (Lipinski definition) is 1. The molecule has 0 radical (unpaired) electrons. The van der Waals surface area contributed by atoms with Crippen molar-refractivity contribution in [2.75, 3.05) is 5.32 Å². The van der Waals surface area contributed by atoms with E-state index in [1.54, 1.807) is 0 Å². The van der Waals surface area contributed by atoms with Gasteiger partial charge in [-0.1, -0.05) is 49.8 Å². The molecule has 0 aliphatic heterocycles. The van der Waals surface area contributed by atoms with Crippen molar-refractivity contribution in [3.8, 4) is 0 Å². The number of anilines is 1. The number of fused-ring (bicyclic) bond motifs is 1. The molecule has 1 aliphatic carbocycles. The van der Waals surface area contributed by atoms with Gasteiger partial charge in [0.05, 0.1) is 11.7 Å². The average molecular weight is 356 g/mol. The van der Waals surface area contributed by atoms with Crippen LogP contribution in [0.25, 0.3) is 11.1 Å². The maximum atomic E-state index is 6.05. The van der Waals surface area contributed by atoms with E-state index in [0.29, 0.717) is 11.0 Å². The molecular formula is C20H22ClN3O. The molecule has 0 amide bonds. The standard InChI is InChI=1S/C20H22ClN3O/c21-15-9-10-19-18(13-15)24-20(25-19)23-17(16-8-4-5-11-22-16)12-14-6-2-1-3-7-14/h4-5,8-11,13-14,17H,1-3,6-7,12H2,(H,23,24). The number of halogens is 1. The first-order chi connectivity index (χ1) is 12.3. The first kappa shape index (κ1) is 16.4. The Morgan fingerprint density at radius 3 is 2.84 bits per heavy atom. The molecule has 0 bridgehead atoms. The predicted octanol–water partition coefficient (Wildman–Crippen LogP) is 6.00. The fraction of sp³-hybridized carbons (Fsp3) is 0.400. The van der Waals surface area contributed by atoms with Crippen LogP contribution in [0.1, 0.15) is 50.3 Å². The highest BCUT2D eigenvalue weighted by Crippen LogP contribution is 2.33. The molecule has 1 atom stereocenters. The lowest BCUT2D eigenvalue weighted by Gasteiger charge is -2.26. The first-order valence-corrected chi connectivity index (χ1v) is 9.39. The van der Waals surface area contributed by atoms with E-state index in [4.69, 9.17) is 16.0 Å². The quantitative estimate of drug-likeness (QED) is 0.609. The van der Waals surface area contributed by atoms with Gasteiger partial charge in [0.1, 0.15) is 5.52 Å². The molecule has 0 spiro atoms. The van der Waals surface area contributed by atoms with E-state index in [-0.39, 0.29) is 6.04 Å². The molecule has 5 heteroatoms. The fourth-order valence-corrected chi connectivity index (χ4v) is 3.87. The Hall–Kier alpha value is -2.07. The number of benzene rings is 1. The fourth-order valence-electron chi connectivity index (χ4n) is 3.70. The number of nitrogens with one attached hydrogen (secondary N) is 1. The number of hydrogen-bond acceptors (Lipinski definition) is 4. The highest BCUT2D eigenvalue weighted by Gasteiger charge is 2.22. The molecule has 130 valence electrons. The van der Waals surface area contributed by atoms with Crippen molar-refractivity contribution in [2.45, 2.75) is 44.6 Å². The van der Waals surface area contributed by atoms with Crippen molar-refractivity contribution < 1.29 is 4.42 Å². The zero-order valence-electron chi connectivity index (χ0n) is 14.1. The third kappa shape index (κ3) is 3.96. The number of rotatable bonds is 5. The van der Waals surface area contributed by atoms with Crippen LogP contribution in [0.15, 0.2) is 47.0 Å². The number of oxazole rings is 1. The molecule has 1 N–H and O–H groups in total. The van der Waals surface area contributed by atoms with Gasteiger partial charge in [-0.05, 0) is 42.7 Å². The van der Waals surface area contributed by atoms with Crippen molar-refractivity contribution in [3.63, 3.8) is 0 Å². The van der Waals surface area contributed by atoms with E-state index >= 15 is 0 Å². The van der Waals surface area contributed by atoms with Gasteiger partial charge in [-0.15, -0.1) is 0 Å². The second-order valence-electron chi connectivity index (χ2n) is 6.82. The minimum absolute atomic E-state index is 0.104. The Kier molecular flexibility index (Phi) is 4.88. The zero-order valence-corrected chi connectivity index (χ0v) is 14.9. The van der Waals surface area contributed by atoms with Crippen molar-refractivity contribution in [1.82, 2.24) is 9.97 Å². The third-order valence-corrected chi connectivity index (χ3v) is 5.22. The maximum absolute atomic E-state index is 6.05. The van der Waals surface area contributed by atoms with Crippen molar-refractivity contribution in [1.29, 1.82) is 0 Å². The van der Waals surface area contributed by atoms with Crippen LogP contribution in [-0.2, 0) is 0 Å². The number of pyridine rings is 1. The van der Waals surface area contributed by atoms with Crippen LogP contribution in [0.2, 0.25) is 5.02 Å². The van der Waals surface area contributed by atoms with Crippen LogP contribution in [0, 0.1) is 5.92 Å². The second-order valence-corrected chi connectivity index (χ2v) is 7.26. The summed E-state index contributed by atoms with van der Waals surface area (Å²) >= 11 is 6.05. The Morgan fingerprint density at radius 1 is 1.16 bits per heavy atom. The molecule has 1 fully saturated rings. The van der Waals surface area contributed by atoms with E-state index < -0.39 is 0 Å². The van der Waals surface area contributed by atoms with Crippen molar-refractivity contribution in [2.24, 2.45) is 5.92 Å². The lowest BCUT2D eigenvalue weighted by Crippen LogP contribution is -2.18. The molecule has 1 unspecified atom stereocenters. The normalized spacial score (nSPS) is 16.8. The minimum Gasteiger partial charge on any atom is -0.424 e. The largest absolute Gasteiger partial charge is 0.424 e. The number of aromatic nitrogens is 2. The van der Waals surface area contributed by atoms with Crippen LogP contribution in [-0.4, -0.2) is 9.97 Å². The summed E-state index contributed by atoms with van der Waals surface area (Å²) in [5.74, 6) is 0.729. The molecule has 2 heterocycles. The average Bonchev–Trinajstić information content (AvgIpc) is 3.04. The molecule has 25 heavy (non-hydrogen) atoms. The molecule has 2 aromatic heterocycles. The predicted molar refractivity (Wildman–Crippen MR) is 101 cm³/mol. The SMILES string of the molecule is Clc1ccc2oc(NC(CC3CCCCC3)c3ccccn3)nc2c1. The van der Waals surface area contributed by atoms with Crippen molar-refractivity contribution >= 4 is 28.7 Å². The Balaban J connectivity index is 1.57. The summed E-state index contributed by atoms with van der Waals surface area (Å²) in [6, 6.07) is 12.2. The van der Waals surface area contributed by atoms with Crippen LogP contribution in [0.4, 0.5) is 6.01 Å². The third-order valence-electron chi connectivity index (χ3n) is 4.99. The summed E-state index contributed by atoms with van der Waals surface area (Å²) in [6.45, 7) is 0. The molecule has 4 nitrogen and oxygen atoms in total. The Bertz CT molecular complexity index is 827. The van der Waals surface area contributed by atoms with E-state index in [9.17, 15) is 0 Å². The molecule has 1 aliphatic rings. The van der Waals surface area contributed by atoms with Crippen LogP contribution >= 0.6 is 11.6 Å². The van der Waals surface area contributed by atoms with Gasteiger partial charge in [-0.25, -0.2) is 0 Å². The summed E-state index contributed by atoms with van der Waals surface area (Å²) < 4.78 is 5.86. The lowest BCUT2D eigenvalue weighted by molar-refractivity contribution is 0.322. The molecule has 1 aromatic carbocycles. The van der Waals surface area contributed by atoms with Gasteiger partial charge in [0.2, 0.25) is 0 Å². The summed E-state index contributed by atoms with van der Waals surface area (Å²) in [7, 11) is 0. The van der Waals surface area contributed by atoms with Crippen LogP contribution in [0.5, 0.6) is 0 Å². The Morgan fingerprint density at radius 2 is 2.04 bits per heavy atom.